The van der Waals surface area contributed by atoms with Crippen LogP contribution < -0.4 is 10.2 Å². The van der Waals surface area contributed by atoms with E-state index in [9.17, 15) is 9.90 Å². The molecule has 3 rings (SSSR count). The van der Waals surface area contributed by atoms with E-state index in [2.05, 4.69) is 36.7 Å². The summed E-state index contributed by atoms with van der Waals surface area (Å²) in [5, 5.41) is 23.0. The Hall–Kier alpha value is -2.85. The Labute approximate surface area is 192 Å². The van der Waals surface area contributed by atoms with Crippen LogP contribution in [0.1, 0.15) is 18.1 Å². The minimum Gasteiger partial charge on any atom is -0.503 e. The van der Waals surface area contributed by atoms with Crippen molar-refractivity contribution in [2.45, 2.75) is 25.5 Å². The number of thioether (sulfide) groups is 1. The van der Waals surface area contributed by atoms with Crippen LogP contribution in [-0.4, -0.2) is 44.9 Å². The van der Waals surface area contributed by atoms with Gasteiger partial charge in [0, 0.05) is 12.1 Å². The summed E-state index contributed by atoms with van der Waals surface area (Å²) in [6, 6.07) is 11.4. The number of amides is 1. The van der Waals surface area contributed by atoms with Crippen LogP contribution in [0.3, 0.4) is 0 Å². The molecule has 1 amide bonds. The first kappa shape index (κ1) is 22.8. The number of carbonyl (C=O) groups is 1. The van der Waals surface area contributed by atoms with Crippen LogP contribution in [0.15, 0.2) is 51.1 Å². The molecule has 0 aliphatic heterocycles. The maximum atomic E-state index is 12.2. The number of hydrazone groups is 1. The molecule has 3 aromatic rings. The van der Waals surface area contributed by atoms with E-state index in [1.807, 2.05) is 42.7 Å². The van der Waals surface area contributed by atoms with Gasteiger partial charge in [0.25, 0.3) is 5.91 Å². The third-order valence-corrected chi connectivity index (χ3v) is 5.92. The molecule has 31 heavy (non-hydrogen) atoms. The van der Waals surface area contributed by atoms with Gasteiger partial charge < -0.3 is 14.4 Å². The molecule has 0 atom stereocenters. The molecule has 0 fully saturated rings. The number of aryl methyl sites for hydroxylation is 1. The normalized spacial score (nSPS) is 11.1. The highest BCUT2D eigenvalue weighted by molar-refractivity contribution is 9.10. The summed E-state index contributed by atoms with van der Waals surface area (Å²) in [4.78, 5) is 12.2. The summed E-state index contributed by atoms with van der Waals surface area (Å²) in [5.41, 5.74) is 5.30. The number of aromatic nitrogens is 3. The Kier molecular flexibility index (Phi) is 7.69. The molecule has 0 spiro atoms. The molecule has 1 aromatic heterocycles. The number of phenolic OH excluding ortho intramolecular Hbond substituents is 1. The van der Waals surface area contributed by atoms with Crippen molar-refractivity contribution in [3.63, 3.8) is 0 Å². The van der Waals surface area contributed by atoms with Crippen molar-refractivity contribution in [3.05, 3.63) is 52.0 Å². The highest BCUT2D eigenvalue weighted by Crippen LogP contribution is 2.34. The molecule has 8 nitrogen and oxygen atoms in total. The Morgan fingerprint density at radius 3 is 2.74 bits per heavy atom. The SMILES string of the molecule is CCn1c(SCC(=O)N/N=C\c2cc(Br)c(O)c(OC)c2)nnc1-c1ccc(C)cc1. The van der Waals surface area contributed by atoms with E-state index in [0.29, 0.717) is 27.5 Å². The molecule has 2 aromatic carbocycles. The minimum absolute atomic E-state index is 0.00475. The molecule has 0 aliphatic carbocycles. The molecule has 162 valence electrons. The van der Waals surface area contributed by atoms with E-state index in [0.717, 1.165) is 11.4 Å². The summed E-state index contributed by atoms with van der Waals surface area (Å²) in [6.07, 6.45) is 1.47. The van der Waals surface area contributed by atoms with Gasteiger partial charge in [0.2, 0.25) is 0 Å². The van der Waals surface area contributed by atoms with Gasteiger partial charge in [-0.3, -0.25) is 4.79 Å². The van der Waals surface area contributed by atoms with Crippen LogP contribution in [0.25, 0.3) is 11.4 Å². The van der Waals surface area contributed by atoms with Gasteiger partial charge in [-0.05, 0) is 47.5 Å². The second kappa shape index (κ2) is 10.5. The van der Waals surface area contributed by atoms with Crippen molar-refractivity contribution >= 4 is 39.8 Å². The molecule has 0 aliphatic rings. The Bertz CT molecular complexity index is 1100. The molecule has 0 saturated heterocycles. The molecule has 0 radical (unpaired) electrons. The lowest BCUT2D eigenvalue weighted by atomic mass is 10.1. The average molecular weight is 504 g/mol. The second-order valence-electron chi connectivity index (χ2n) is 6.55. The number of benzene rings is 2. The minimum atomic E-state index is -0.270. The number of aromatic hydroxyl groups is 1. The van der Waals surface area contributed by atoms with Crippen LogP contribution in [-0.2, 0) is 11.3 Å². The first-order chi connectivity index (χ1) is 14.9. The van der Waals surface area contributed by atoms with Crippen molar-refractivity contribution in [1.82, 2.24) is 20.2 Å². The highest BCUT2D eigenvalue weighted by atomic mass is 79.9. The van der Waals surface area contributed by atoms with Crippen molar-refractivity contribution in [3.8, 4) is 22.9 Å². The van der Waals surface area contributed by atoms with Crippen LogP contribution in [0.2, 0.25) is 0 Å². The predicted octanol–water partition coefficient (Wildman–Crippen LogP) is 3.99. The van der Waals surface area contributed by atoms with Crippen LogP contribution in [0, 0.1) is 6.92 Å². The highest BCUT2D eigenvalue weighted by Gasteiger charge is 2.14. The largest absolute Gasteiger partial charge is 0.503 e. The fraction of sp³-hybridized carbons (Fsp3) is 0.238. The third-order valence-electron chi connectivity index (χ3n) is 4.35. The Morgan fingerprint density at radius 2 is 2.06 bits per heavy atom. The summed E-state index contributed by atoms with van der Waals surface area (Å²) in [6.45, 7) is 4.74. The lowest BCUT2D eigenvalue weighted by Gasteiger charge is -2.07. The van der Waals surface area contributed by atoms with E-state index in [1.54, 1.807) is 12.1 Å². The van der Waals surface area contributed by atoms with Crippen molar-refractivity contribution < 1.29 is 14.6 Å². The van der Waals surface area contributed by atoms with E-state index in [4.69, 9.17) is 4.74 Å². The van der Waals surface area contributed by atoms with Gasteiger partial charge in [-0.1, -0.05) is 41.6 Å². The zero-order chi connectivity index (χ0) is 22.4. The van der Waals surface area contributed by atoms with Gasteiger partial charge in [0.05, 0.1) is 23.5 Å². The van der Waals surface area contributed by atoms with E-state index in [-0.39, 0.29) is 17.4 Å². The smallest absolute Gasteiger partial charge is 0.250 e. The van der Waals surface area contributed by atoms with Gasteiger partial charge in [0.1, 0.15) is 0 Å². The van der Waals surface area contributed by atoms with Crippen LogP contribution >= 0.6 is 27.7 Å². The zero-order valence-corrected chi connectivity index (χ0v) is 19.7. The molecule has 10 heteroatoms. The number of nitrogens with zero attached hydrogens (tertiary/aromatic N) is 4. The van der Waals surface area contributed by atoms with Gasteiger partial charge in [-0.25, -0.2) is 5.43 Å². The van der Waals surface area contributed by atoms with Gasteiger partial charge >= 0.3 is 0 Å². The lowest BCUT2D eigenvalue weighted by Crippen LogP contribution is -2.20. The zero-order valence-electron chi connectivity index (χ0n) is 17.3. The molecule has 0 saturated carbocycles. The lowest BCUT2D eigenvalue weighted by molar-refractivity contribution is -0.118. The number of hydrogen-bond donors (Lipinski definition) is 2. The number of nitrogens with one attached hydrogen (secondary N) is 1. The van der Waals surface area contributed by atoms with Gasteiger partial charge in [-0.15, -0.1) is 10.2 Å². The maximum absolute atomic E-state index is 12.2. The Balaban J connectivity index is 1.61. The molecule has 1 heterocycles. The van der Waals surface area contributed by atoms with Crippen LogP contribution in [0.5, 0.6) is 11.5 Å². The van der Waals surface area contributed by atoms with Gasteiger partial charge in [-0.2, -0.15) is 5.10 Å². The van der Waals surface area contributed by atoms with E-state index in [1.165, 1.54) is 30.6 Å². The summed E-state index contributed by atoms with van der Waals surface area (Å²) >= 11 is 4.55. The summed E-state index contributed by atoms with van der Waals surface area (Å²) in [5.74, 6) is 0.960. The molecule has 0 unspecified atom stereocenters. The number of methoxy groups -OCH3 is 1. The number of carbonyl (C=O) groups excluding carboxylic acids is 1. The number of rotatable bonds is 8. The molecule has 2 N–H and O–H groups in total. The first-order valence-corrected chi connectivity index (χ1v) is 11.2. The quantitative estimate of drug-likeness (QED) is 0.273. The summed E-state index contributed by atoms with van der Waals surface area (Å²) in [7, 11) is 1.46. The number of phenols is 1. The number of hydrogen-bond acceptors (Lipinski definition) is 7. The first-order valence-electron chi connectivity index (χ1n) is 9.44. The fourth-order valence-corrected chi connectivity index (χ4v) is 4.02. The maximum Gasteiger partial charge on any atom is 0.250 e. The third kappa shape index (κ3) is 5.65. The van der Waals surface area contributed by atoms with Crippen molar-refractivity contribution in [2.24, 2.45) is 5.10 Å². The number of halogens is 1. The number of ether oxygens (including phenoxy) is 1. The second-order valence-corrected chi connectivity index (χ2v) is 8.35. The predicted molar refractivity (Wildman–Crippen MR) is 125 cm³/mol. The standard InChI is InChI=1S/C21H22BrN5O3S/c1-4-27-20(15-7-5-13(2)6-8-15)25-26-21(27)31-12-18(28)24-23-11-14-9-16(22)19(29)17(10-14)30-3/h5-11,29H,4,12H2,1-3H3,(H,24,28)/b23-11-. The van der Waals surface area contributed by atoms with Crippen LogP contribution in [0.4, 0.5) is 0 Å². The van der Waals surface area contributed by atoms with E-state index < -0.39 is 0 Å². The Morgan fingerprint density at radius 1 is 1.32 bits per heavy atom. The fourth-order valence-electron chi connectivity index (χ4n) is 2.76. The molecular formula is C21H22BrN5O3S. The molecular weight excluding hydrogens is 482 g/mol. The van der Waals surface area contributed by atoms with Gasteiger partial charge in [0.15, 0.2) is 22.5 Å². The monoisotopic (exact) mass is 503 g/mol. The van der Waals surface area contributed by atoms with Crippen molar-refractivity contribution in [2.75, 3.05) is 12.9 Å². The summed E-state index contributed by atoms with van der Waals surface area (Å²) < 4.78 is 7.54. The van der Waals surface area contributed by atoms with E-state index >= 15 is 0 Å². The molecule has 0 bridgehead atoms. The average Bonchev–Trinajstić information content (AvgIpc) is 3.18. The topological polar surface area (TPSA) is 102 Å². The van der Waals surface area contributed by atoms with Crippen molar-refractivity contribution in [1.29, 1.82) is 0 Å².